The average Bonchev–Trinajstić information content (AvgIpc) is 3.48. The van der Waals surface area contributed by atoms with Gasteiger partial charge in [0, 0.05) is 36.8 Å². The van der Waals surface area contributed by atoms with Crippen LogP contribution in [-0.2, 0) is 37.6 Å². The Morgan fingerprint density at radius 3 is 2.82 bits per heavy atom. The number of aromatic hydroxyl groups is 1. The largest absolute Gasteiger partial charge is 0.504 e. The Balaban J connectivity index is 1.41. The predicted molar refractivity (Wildman–Crippen MR) is 125 cm³/mol. The molecule has 0 radical (unpaired) electrons. The van der Waals surface area contributed by atoms with Crippen LogP contribution in [0.3, 0.4) is 0 Å². The molecule has 1 aromatic carbocycles. The van der Waals surface area contributed by atoms with Crippen LogP contribution in [0.4, 0.5) is 0 Å². The van der Waals surface area contributed by atoms with E-state index < -0.39 is 11.0 Å². The van der Waals surface area contributed by atoms with Crippen LogP contribution < -0.4 is 4.74 Å². The maximum atomic E-state index is 12.9. The molecular formula is C28H34N2O3. The molecule has 4 aliphatic carbocycles. The van der Waals surface area contributed by atoms with E-state index in [1.54, 1.807) is 0 Å². The highest BCUT2D eigenvalue weighted by Crippen LogP contribution is 2.69. The molecule has 1 saturated carbocycles. The molecular weight excluding hydrogens is 412 g/mol. The Hall–Kier alpha value is -1.98. The number of benzene rings is 1. The van der Waals surface area contributed by atoms with Crippen molar-refractivity contribution in [3.05, 3.63) is 45.8 Å². The smallest absolute Gasteiger partial charge is 0.166 e. The van der Waals surface area contributed by atoms with Crippen LogP contribution in [0.25, 0.3) is 0 Å². The number of aliphatic hydroxyl groups is 1. The molecule has 1 spiro atoms. The maximum absolute atomic E-state index is 12.9. The van der Waals surface area contributed by atoms with Crippen LogP contribution in [0, 0.1) is 5.92 Å². The van der Waals surface area contributed by atoms with Crippen LogP contribution in [-0.4, -0.2) is 44.4 Å². The van der Waals surface area contributed by atoms with Crippen molar-refractivity contribution < 1.29 is 14.9 Å². The topological polar surface area (TPSA) is 57.9 Å². The van der Waals surface area contributed by atoms with Gasteiger partial charge in [0.1, 0.15) is 0 Å². The van der Waals surface area contributed by atoms with E-state index in [1.807, 2.05) is 6.07 Å². The molecule has 0 amide bonds. The van der Waals surface area contributed by atoms with Gasteiger partial charge in [-0.05, 0) is 93.5 Å². The van der Waals surface area contributed by atoms with Crippen molar-refractivity contribution in [2.24, 2.45) is 5.92 Å². The molecule has 6 aliphatic rings. The predicted octanol–water partition coefficient (Wildman–Crippen LogP) is 3.79. The van der Waals surface area contributed by atoms with Crippen LogP contribution in [0.5, 0.6) is 11.5 Å². The minimum atomic E-state index is -0.852. The molecule has 1 saturated heterocycles. The van der Waals surface area contributed by atoms with Crippen LogP contribution in [0.15, 0.2) is 12.1 Å². The summed E-state index contributed by atoms with van der Waals surface area (Å²) in [5.41, 5.74) is 6.78. The van der Waals surface area contributed by atoms with Gasteiger partial charge in [0.05, 0.1) is 16.7 Å². The van der Waals surface area contributed by atoms with Gasteiger partial charge in [-0.25, -0.2) is 0 Å². The molecule has 33 heavy (non-hydrogen) atoms. The zero-order valence-corrected chi connectivity index (χ0v) is 19.6. The molecule has 2 fully saturated rings. The second-order valence-corrected chi connectivity index (χ2v) is 11.7. The molecule has 174 valence electrons. The third-order valence-corrected chi connectivity index (χ3v) is 10.3. The average molecular weight is 447 g/mol. The number of fused-ring (bicyclic) bond motifs is 4. The third kappa shape index (κ3) is 2.14. The first-order chi connectivity index (χ1) is 16.1. The fourth-order valence-corrected chi connectivity index (χ4v) is 8.76. The number of piperidine rings is 1. The summed E-state index contributed by atoms with van der Waals surface area (Å²) in [5, 5.41) is 23.8. The summed E-state index contributed by atoms with van der Waals surface area (Å²) in [5.74, 6) is 1.70. The zero-order chi connectivity index (χ0) is 22.1. The van der Waals surface area contributed by atoms with Crippen molar-refractivity contribution in [1.82, 2.24) is 9.47 Å². The first kappa shape index (κ1) is 19.3. The van der Waals surface area contributed by atoms with Crippen molar-refractivity contribution >= 4 is 0 Å². The monoisotopic (exact) mass is 446 g/mol. The summed E-state index contributed by atoms with van der Waals surface area (Å²) in [4.78, 5) is 2.63. The number of hydrogen-bond donors (Lipinski definition) is 2. The molecule has 3 heterocycles. The molecule has 1 aromatic heterocycles. The molecule has 2 aromatic rings. The van der Waals surface area contributed by atoms with Crippen molar-refractivity contribution in [3.8, 4) is 11.5 Å². The van der Waals surface area contributed by atoms with Gasteiger partial charge >= 0.3 is 0 Å². The number of phenols is 1. The van der Waals surface area contributed by atoms with E-state index in [0.29, 0.717) is 5.75 Å². The lowest BCUT2D eigenvalue weighted by atomic mass is 9.49. The maximum Gasteiger partial charge on any atom is 0.166 e. The number of likely N-dealkylation sites (tertiary alicyclic amines) is 1. The standard InChI is InChI=1S/C28H34N2O3/c1-2-30-20-6-4-3-5-18(20)19-14-28(32)22-13-17-9-10-21(31)25-23(17)27(28,26(33-25)24(19)30)11-12-29(22)15-16-7-8-16/h9-10,16,22,26,31-32H,2-8,11-15H2,1H3/t22-,26+,27+,28-/m1/s1. The first-order valence-corrected chi connectivity index (χ1v) is 13.3. The second kappa shape index (κ2) is 6.17. The van der Waals surface area contributed by atoms with Crippen LogP contribution in [0.1, 0.15) is 78.8 Å². The Labute approximate surface area is 195 Å². The molecule has 8 rings (SSSR count). The highest BCUT2D eigenvalue weighted by molar-refractivity contribution is 5.65. The van der Waals surface area contributed by atoms with E-state index >= 15 is 0 Å². The number of phenolic OH excluding ortho intramolecular Hbond substituents is 1. The molecule has 2 bridgehead atoms. The van der Waals surface area contributed by atoms with Crippen LogP contribution in [0.2, 0.25) is 0 Å². The van der Waals surface area contributed by atoms with Gasteiger partial charge in [-0.1, -0.05) is 6.07 Å². The Bertz CT molecular complexity index is 1200. The van der Waals surface area contributed by atoms with Gasteiger partial charge in [-0.2, -0.15) is 0 Å². The molecule has 5 nitrogen and oxygen atoms in total. The van der Waals surface area contributed by atoms with Gasteiger partial charge in [0.15, 0.2) is 17.6 Å². The number of rotatable bonds is 3. The zero-order valence-electron chi connectivity index (χ0n) is 19.6. The Kier molecular flexibility index (Phi) is 3.61. The highest BCUT2D eigenvalue weighted by atomic mass is 16.5. The van der Waals surface area contributed by atoms with E-state index in [1.165, 1.54) is 53.8 Å². The third-order valence-electron chi connectivity index (χ3n) is 10.3. The van der Waals surface area contributed by atoms with Crippen molar-refractivity contribution in [2.75, 3.05) is 13.1 Å². The number of nitrogens with zero attached hydrogens (tertiary/aromatic N) is 2. The van der Waals surface area contributed by atoms with E-state index in [9.17, 15) is 10.2 Å². The van der Waals surface area contributed by atoms with E-state index in [2.05, 4.69) is 22.5 Å². The minimum absolute atomic E-state index is 0.123. The summed E-state index contributed by atoms with van der Waals surface area (Å²) in [6.45, 7) is 5.33. The molecule has 5 heteroatoms. The van der Waals surface area contributed by atoms with Gasteiger partial charge in [-0.3, -0.25) is 4.90 Å². The summed E-state index contributed by atoms with van der Waals surface area (Å²) in [6, 6.07) is 4.05. The summed E-state index contributed by atoms with van der Waals surface area (Å²) in [6.07, 6.45) is 9.71. The lowest BCUT2D eigenvalue weighted by Crippen LogP contribution is -2.74. The van der Waals surface area contributed by atoms with E-state index in [0.717, 1.165) is 63.2 Å². The Morgan fingerprint density at radius 1 is 1.15 bits per heavy atom. The van der Waals surface area contributed by atoms with Gasteiger partial charge in [-0.15, -0.1) is 0 Å². The van der Waals surface area contributed by atoms with E-state index in [4.69, 9.17) is 4.74 Å². The van der Waals surface area contributed by atoms with Gasteiger partial charge in [0.2, 0.25) is 0 Å². The molecule has 0 unspecified atom stereocenters. The lowest BCUT2D eigenvalue weighted by molar-refractivity contribution is -0.174. The Morgan fingerprint density at radius 2 is 2.00 bits per heavy atom. The summed E-state index contributed by atoms with van der Waals surface area (Å²) < 4.78 is 9.33. The van der Waals surface area contributed by atoms with Crippen molar-refractivity contribution in [2.45, 2.75) is 94.4 Å². The summed E-state index contributed by atoms with van der Waals surface area (Å²) >= 11 is 0. The first-order valence-electron chi connectivity index (χ1n) is 13.3. The highest BCUT2D eigenvalue weighted by Gasteiger charge is 2.73. The fourth-order valence-electron chi connectivity index (χ4n) is 8.76. The molecule has 2 N–H and O–H groups in total. The van der Waals surface area contributed by atoms with Crippen molar-refractivity contribution in [3.63, 3.8) is 0 Å². The quantitative estimate of drug-likeness (QED) is 0.753. The van der Waals surface area contributed by atoms with Gasteiger partial charge < -0.3 is 19.5 Å². The molecule has 2 aliphatic heterocycles. The normalized spacial score (nSPS) is 35.6. The minimum Gasteiger partial charge on any atom is -0.504 e. The SMILES string of the molecule is CCn1c2c(c3c1[C@@H]1Oc4c(O)ccc5c4[C@@]14CCN(CC1CC1)[C@H](C5)[C@]4(O)C3)CCCC2. The lowest BCUT2D eigenvalue weighted by Gasteiger charge is -2.63. The number of aromatic nitrogens is 1. The van der Waals surface area contributed by atoms with Crippen LogP contribution >= 0.6 is 0 Å². The fraction of sp³-hybridized carbons (Fsp3) is 0.643. The summed E-state index contributed by atoms with van der Waals surface area (Å²) in [7, 11) is 0. The van der Waals surface area contributed by atoms with Crippen molar-refractivity contribution in [1.29, 1.82) is 0 Å². The van der Waals surface area contributed by atoms with Gasteiger partial charge in [0.25, 0.3) is 0 Å². The molecule has 4 atom stereocenters. The number of hydrogen-bond acceptors (Lipinski definition) is 4. The number of ether oxygens (including phenoxy) is 1. The second-order valence-electron chi connectivity index (χ2n) is 11.7. The van der Waals surface area contributed by atoms with E-state index in [-0.39, 0.29) is 17.9 Å².